The molecule has 0 bridgehead atoms. The van der Waals surface area contributed by atoms with Crippen LogP contribution in [0, 0.1) is 0 Å². The Morgan fingerprint density at radius 2 is 1.85 bits per heavy atom. The van der Waals surface area contributed by atoms with Gasteiger partial charge in [-0.05, 0) is 12.5 Å². The van der Waals surface area contributed by atoms with Crippen LogP contribution >= 0.6 is 0 Å². The first-order valence-corrected chi connectivity index (χ1v) is 4.60. The fourth-order valence-electron chi connectivity index (χ4n) is 0.720. The van der Waals surface area contributed by atoms with Crippen LogP contribution in [-0.2, 0) is 0 Å². The van der Waals surface area contributed by atoms with Crippen molar-refractivity contribution < 1.29 is 5.11 Å². The van der Waals surface area contributed by atoms with E-state index in [0.29, 0.717) is 0 Å². The molecule has 0 aromatic carbocycles. The van der Waals surface area contributed by atoms with Gasteiger partial charge in [-0.15, -0.1) is 0 Å². The maximum Gasteiger partial charge on any atom is 0.122 e. The van der Waals surface area contributed by atoms with Crippen molar-refractivity contribution in [2.24, 2.45) is 0 Å². The maximum absolute atomic E-state index is 9.29. The highest BCUT2D eigenvalue weighted by atomic mass is 16.3. The minimum Gasteiger partial charge on any atom is -0.507 e. The molecule has 0 unspecified atom stereocenters. The Hall–Kier alpha value is -1.24. The molecule has 0 aliphatic heterocycles. The van der Waals surface area contributed by atoms with Gasteiger partial charge in [-0.25, -0.2) is 0 Å². The highest BCUT2D eigenvalue weighted by Gasteiger charge is 1.93. The van der Waals surface area contributed by atoms with E-state index in [1.807, 2.05) is 26.8 Å². The average Bonchev–Trinajstić information content (AvgIpc) is 2.17. The van der Waals surface area contributed by atoms with Crippen LogP contribution in [0.25, 0.3) is 0 Å². The van der Waals surface area contributed by atoms with E-state index in [9.17, 15) is 5.11 Å². The zero-order valence-corrected chi connectivity index (χ0v) is 8.88. The Balaban J connectivity index is 0. The fraction of sp³-hybridized carbons (Fsp3) is 0.333. The molecule has 1 heteroatoms. The van der Waals surface area contributed by atoms with Gasteiger partial charge in [0.05, 0.1) is 0 Å². The lowest BCUT2D eigenvalue weighted by atomic mass is 10.2. The average molecular weight is 180 g/mol. The Bertz CT molecular complexity index is 197. The van der Waals surface area contributed by atoms with Crippen molar-refractivity contribution in [1.29, 1.82) is 0 Å². The predicted molar refractivity (Wildman–Crippen MR) is 60.8 cm³/mol. The van der Waals surface area contributed by atoms with Crippen LogP contribution in [-0.4, -0.2) is 5.11 Å². The minimum atomic E-state index is 0.219. The molecule has 13 heavy (non-hydrogen) atoms. The lowest BCUT2D eigenvalue weighted by molar-refractivity contribution is 0.426. The molecule has 0 atom stereocenters. The fourth-order valence-corrected chi connectivity index (χ4v) is 0.720. The summed E-state index contributed by atoms with van der Waals surface area (Å²) in [4.78, 5) is 0. The molecule has 0 aliphatic carbocycles. The highest BCUT2D eigenvalue weighted by molar-refractivity contribution is 5.35. The van der Waals surface area contributed by atoms with Gasteiger partial charge in [0.2, 0.25) is 0 Å². The molecular formula is C12H20O. The Morgan fingerprint density at radius 1 is 1.31 bits per heavy atom. The van der Waals surface area contributed by atoms with Gasteiger partial charge in [-0.1, -0.05) is 52.2 Å². The summed E-state index contributed by atoms with van der Waals surface area (Å²) in [6.07, 6.45) is 7.50. The molecular weight excluding hydrogens is 160 g/mol. The van der Waals surface area contributed by atoms with Crippen LogP contribution in [0.3, 0.4) is 0 Å². The van der Waals surface area contributed by atoms with E-state index in [0.717, 1.165) is 12.0 Å². The summed E-state index contributed by atoms with van der Waals surface area (Å²) in [5.41, 5.74) is 0.757. The zero-order chi connectivity index (χ0) is 10.7. The van der Waals surface area contributed by atoms with E-state index >= 15 is 0 Å². The van der Waals surface area contributed by atoms with Crippen molar-refractivity contribution >= 4 is 0 Å². The normalized spacial score (nSPS) is 11.3. The number of hydrogen-bond acceptors (Lipinski definition) is 1. The van der Waals surface area contributed by atoms with Crippen LogP contribution in [0.1, 0.15) is 27.2 Å². The number of aliphatic hydroxyl groups excluding tert-OH is 1. The summed E-state index contributed by atoms with van der Waals surface area (Å²) in [5, 5.41) is 9.29. The second kappa shape index (κ2) is 10.8. The maximum atomic E-state index is 9.29. The van der Waals surface area contributed by atoms with Gasteiger partial charge in [0.25, 0.3) is 0 Å². The molecule has 0 saturated carbocycles. The molecule has 0 aromatic rings. The third kappa shape index (κ3) is 7.13. The molecule has 0 amide bonds. The lowest BCUT2D eigenvalue weighted by Crippen LogP contribution is -1.83. The van der Waals surface area contributed by atoms with Gasteiger partial charge in [0.15, 0.2) is 0 Å². The second-order valence-electron chi connectivity index (χ2n) is 2.06. The predicted octanol–water partition coefficient (Wildman–Crippen LogP) is 4.16. The minimum absolute atomic E-state index is 0.219. The van der Waals surface area contributed by atoms with E-state index in [1.54, 1.807) is 18.2 Å². The summed E-state index contributed by atoms with van der Waals surface area (Å²) in [6.45, 7) is 13.1. The van der Waals surface area contributed by atoms with E-state index in [2.05, 4.69) is 13.2 Å². The molecule has 0 fully saturated rings. The smallest absolute Gasteiger partial charge is 0.122 e. The van der Waals surface area contributed by atoms with Gasteiger partial charge < -0.3 is 5.11 Å². The standard InChI is InChI=1S/C10H14O.C2H6/c1-4-7-9(6-3)10(11)8-5-2;1-2/h5-8,11H,2-4H2,1H3;1-2H3/b9-7-,10-8+;. The first-order chi connectivity index (χ1) is 6.26. The molecule has 1 N–H and O–H groups in total. The van der Waals surface area contributed by atoms with Crippen LogP contribution < -0.4 is 0 Å². The Kier molecular flexibility index (Phi) is 11.8. The zero-order valence-electron chi connectivity index (χ0n) is 8.88. The monoisotopic (exact) mass is 180 g/mol. The van der Waals surface area contributed by atoms with Gasteiger partial charge >= 0.3 is 0 Å². The second-order valence-corrected chi connectivity index (χ2v) is 2.06. The molecule has 0 heterocycles. The van der Waals surface area contributed by atoms with Gasteiger partial charge in [0.1, 0.15) is 5.76 Å². The van der Waals surface area contributed by atoms with Gasteiger partial charge in [0, 0.05) is 5.57 Å². The third-order valence-corrected chi connectivity index (χ3v) is 1.22. The summed E-state index contributed by atoms with van der Waals surface area (Å²) >= 11 is 0. The van der Waals surface area contributed by atoms with Gasteiger partial charge in [-0.3, -0.25) is 0 Å². The Labute approximate surface area is 81.8 Å². The molecule has 0 radical (unpaired) electrons. The summed E-state index contributed by atoms with van der Waals surface area (Å²) in [5.74, 6) is 0.219. The number of rotatable bonds is 4. The number of aliphatic hydroxyl groups is 1. The SMILES string of the molecule is C=C/C=C(O)\C(C=C)=C/CC.CC. The van der Waals surface area contributed by atoms with Crippen LogP contribution in [0.2, 0.25) is 0 Å². The third-order valence-electron chi connectivity index (χ3n) is 1.22. The van der Waals surface area contributed by atoms with Crippen molar-refractivity contribution in [3.63, 3.8) is 0 Å². The van der Waals surface area contributed by atoms with Crippen molar-refractivity contribution in [3.8, 4) is 0 Å². The van der Waals surface area contributed by atoms with Crippen LogP contribution in [0.4, 0.5) is 0 Å². The summed E-state index contributed by atoms with van der Waals surface area (Å²) in [7, 11) is 0. The largest absolute Gasteiger partial charge is 0.507 e. The van der Waals surface area contributed by atoms with Gasteiger partial charge in [-0.2, -0.15) is 0 Å². The van der Waals surface area contributed by atoms with Crippen molar-refractivity contribution in [2.75, 3.05) is 0 Å². The number of allylic oxidation sites excluding steroid dienone is 4. The van der Waals surface area contributed by atoms with Crippen LogP contribution in [0.15, 0.2) is 48.8 Å². The summed E-state index contributed by atoms with van der Waals surface area (Å²) < 4.78 is 0. The van der Waals surface area contributed by atoms with E-state index < -0.39 is 0 Å². The van der Waals surface area contributed by atoms with Crippen molar-refractivity contribution in [1.82, 2.24) is 0 Å². The summed E-state index contributed by atoms with van der Waals surface area (Å²) in [6, 6.07) is 0. The van der Waals surface area contributed by atoms with E-state index in [1.165, 1.54) is 0 Å². The number of hydrogen-bond donors (Lipinski definition) is 1. The molecule has 74 valence electrons. The molecule has 0 aliphatic rings. The van der Waals surface area contributed by atoms with Crippen molar-refractivity contribution in [2.45, 2.75) is 27.2 Å². The highest BCUT2D eigenvalue weighted by Crippen LogP contribution is 2.08. The quantitative estimate of drug-likeness (QED) is 0.508. The molecule has 1 nitrogen and oxygen atoms in total. The topological polar surface area (TPSA) is 20.2 Å². The first kappa shape index (κ1) is 14.3. The van der Waals surface area contributed by atoms with Crippen molar-refractivity contribution in [3.05, 3.63) is 48.8 Å². The molecule has 0 saturated heterocycles. The van der Waals surface area contributed by atoms with E-state index in [-0.39, 0.29) is 5.76 Å². The van der Waals surface area contributed by atoms with Crippen LogP contribution in [0.5, 0.6) is 0 Å². The lowest BCUT2D eigenvalue weighted by Gasteiger charge is -1.97. The molecule has 0 rings (SSSR count). The Morgan fingerprint density at radius 3 is 2.15 bits per heavy atom. The molecule has 0 aromatic heterocycles. The van der Waals surface area contributed by atoms with E-state index in [4.69, 9.17) is 0 Å². The first-order valence-electron chi connectivity index (χ1n) is 4.60. The molecule has 0 spiro atoms.